The molecule has 1 aromatic heterocycles. The van der Waals surface area contributed by atoms with Crippen LogP contribution in [0.5, 0.6) is 0 Å². The van der Waals surface area contributed by atoms with Crippen LogP contribution in [-0.4, -0.2) is 19.3 Å². The zero-order valence-corrected chi connectivity index (χ0v) is 19.4. The highest BCUT2D eigenvalue weighted by molar-refractivity contribution is 7.80. The first-order chi connectivity index (χ1) is 14.7. The van der Waals surface area contributed by atoms with Crippen LogP contribution in [0.3, 0.4) is 0 Å². The van der Waals surface area contributed by atoms with Crippen molar-refractivity contribution < 1.29 is 4.42 Å². The molecule has 0 saturated heterocycles. The number of nitrogens with zero attached hydrogens (tertiary/aromatic N) is 2. The van der Waals surface area contributed by atoms with Gasteiger partial charge in [-0.3, -0.25) is 4.99 Å². The predicted octanol–water partition coefficient (Wildman–Crippen LogP) is 6.00. The molecule has 0 N–H and O–H groups in total. The topological polar surface area (TPSA) is 45.8 Å². The number of hydrogen-bond donors (Lipinski definition) is 1. The van der Waals surface area contributed by atoms with Crippen molar-refractivity contribution >= 4 is 41.2 Å². The van der Waals surface area contributed by atoms with Crippen LogP contribution in [0.4, 0.5) is 11.4 Å². The minimum absolute atomic E-state index is 0.0516. The van der Waals surface area contributed by atoms with Crippen molar-refractivity contribution in [1.29, 1.82) is 0 Å². The summed E-state index contributed by atoms with van der Waals surface area (Å²) < 4.78 is 5.99. The summed E-state index contributed by atoms with van der Waals surface area (Å²) >= 11 is 4.44. The Labute approximate surface area is 188 Å². The Balaban J connectivity index is 1.74. The zero-order valence-electron chi connectivity index (χ0n) is 18.5. The van der Waals surface area contributed by atoms with Gasteiger partial charge in [-0.25, -0.2) is 4.79 Å². The highest BCUT2D eigenvalue weighted by Crippen LogP contribution is 2.51. The fourth-order valence-electron chi connectivity index (χ4n) is 4.97. The number of anilines is 1. The molecule has 5 rings (SSSR count). The lowest BCUT2D eigenvalue weighted by molar-refractivity contribution is 0.398. The van der Waals surface area contributed by atoms with Gasteiger partial charge in [0.1, 0.15) is 5.58 Å². The maximum absolute atomic E-state index is 12.9. The first kappa shape index (κ1) is 20.4. The fraction of sp³-hybridized carbons (Fsp3) is 0.385. The van der Waals surface area contributed by atoms with Gasteiger partial charge in [0.15, 0.2) is 0 Å². The molecule has 0 saturated carbocycles. The third kappa shape index (κ3) is 3.30. The first-order valence-electron chi connectivity index (χ1n) is 10.9. The molecule has 3 aromatic rings. The van der Waals surface area contributed by atoms with Crippen molar-refractivity contribution in [2.24, 2.45) is 4.99 Å². The molecule has 0 fully saturated rings. The van der Waals surface area contributed by atoms with E-state index in [9.17, 15) is 4.79 Å². The van der Waals surface area contributed by atoms with Crippen LogP contribution in [-0.2, 0) is 10.8 Å². The monoisotopic (exact) mass is 432 g/mol. The number of benzene rings is 2. The van der Waals surface area contributed by atoms with Crippen molar-refractivity contribution in [3.05, 3.63) is 63.5 Å². The Bertz CT molecular complexity index is 1280. The van der Waals surface area contributed by atoms with Gasteiger partial charge in [-0.2, -0.15) is 0 Å². The highest BCUT2D eigenvalue weighted by Gasteiger charge is 2.41. The van der Waals surface area contributed by atoms with Crippen LogP contribution in [0.25, 0.3) is 11.0 Å². The molecule has 3 heterocycles. The van der Waals surface area contributed by atoms with Gasteiger partial charge < -0.3 is 9.32 Å². The Kier molecular flexibility index (Phi) is 4.60. The van der Waals surface area contributed by atoms with E-state index in [2.05, 4.69) is 56.3 Å². The second kappa shape index (κ2) is 6.99. The van der Waals surface area contributed by atoms with Crippen molar-refractivity contribution in [3.63, 3.8) is 0 Å². The van der Waals surface area contributed by atoms with Crippen LogP contribution in [0.2, 0.25) is 0 Å². The van der Waals surface area contributed by atoms with Gasteiger partial charge in [0.25, 0.3) is 0 Å². The van der Waals surface area contributed by atoms with Gasteiger partial charge in [0.05, 0.1) is 11.3 Å². The maximum Gasteiger partial charge on any atom is 0.345 e. The molecule has 2 aliphatic rings. The Morgan fingerprint density at radius 3 is 2.52 bits per heavy atom. The minimum Gasteiger partial charge on any atom is -0.422 e. The zero-order chi connectivity index (χ0) is 22.0. The molecule has 0 radical (unpaired) electrons. The molecule has 0 amide bonds. The number of fused-ring (bicyclic) bond motifs is 2. The van der Waals surface area contributed by atoms with E-state index in [1.807, 2.05) is 30.3 Å². The molecule has 0 atom stereocenters. The van der Waals surface area contributed by atoms with Gasteiger partial charge in [0.2, 0.25) is 0 Å². The number of thiol groups is 1. The Morgan fingerprint density at radius 1 is 1.06 bits per heavy atom. The summed E-state index contributed by atoms with van der Waals surface area (Å²) in [7, 11) is 0. The van der Waals surface area contributed by atoms with E-state index >= 15 is 0 Å². The number of para-hydroxylation sites is 1. The van der Waals surface area contributed by atoms with Crippen LogP contribution in [0.15, 0.2) is 55.5 Å². The van der Waals surface area contributed by atoms with Gasteiger partial charge in [0, 0.05) is 40.8 Å². The lowest BCUT2D eigenvalue weighted by atomic mass is 9.69. The molecule has 2 aromatic carbocycles. The molecule has 4 nitrogen and oxygen atoms in total. The summed E-state index contributed by atoms with van der Waals surface area (Å²) in [4.78, 5) is 20.7. The van der Waals surface area contributed by atoms with Crippen molar-refractivity contribution in [2.75, 3.05) is 18.0 Å². The molecule has 0 unspecified atom stereocenters. The van der Waals surface area contributed by atoms with Crippen molar-refractivity contribution in [1.82, 2.24) is 0 Å². The Morgan fingerprint density at radius 2 is 1.77 bits per heavy atom. The number of rotatable bonds is 2. The summed E-state index contributed by atoms with van der Waals surface area (Å²) in [6, 6.07) is 11.7. The van der Waals surface area contributed by atoms with Gasteiger partial charge >= 0.3 is 5.63 Å². The van der Waals surface area contributed by atoms with Crippen LogP contribution >= 0.6 is 12.6 Å². The van der Waals surface area contributed by atoms with Gasteiger partial charge in [-0.15, -0.1) is 12.6 Å². The predicted molar refractivity (Wildman–Crippen MR) is 131 cm³/mol. The summed E-state index contributed by atoms with van der Waals surface area (Å²) in [5, 5.41) is 0.971. The summed E-state index contributed by atoms with van der Waals surface area (Å²) in [6.45, 7) is 11.3. The van der Waals surface area contributed by atoms with E-state index in [1.165, 1.54) is 16.8 Å². The minimum atomic E-state index is -0.355. The second-order valence-corrected chi connectivity index (χ2v) is 10.5. The number of hydrogen-bond acceptors (Lipinski definition) is 5. The summed E-state index contributed by atoms with van der Waals surface area (Å²) in [5.74, 6) is 0. The molecule has 2 aliphatic heterocycles. The van der Waals surface area contributed by atoms with Crippen molar-refractivity contribution in [3.8, 4) is 0 Å². The summed E-state index contributed by atoms with van der Waals surface area (Å²) in [6.07, 6.45) is 3.76. The maximum atomic E-state index is 12.9. The molecule has 0 aliphatic carbocycles. The molecular weight excluding hydrogens is 404 g/mol. The normalized spacial score (nSPS) is 19.1. The van der Waals surface area contributed by atoms with E-state index in [0.717, 1.165) is 47.5 Å². The number of aliphatic imine (C=N–C) groups is 1. The SMILES string of the molecule is CC1(C)CCN2CCC(C)(C)c3c2c1cc1cc(C=Nc2ccccc2S)c(=O)oc31. The quantitative estimate of drug-likeness (QED) is 0.307. The highest BCUT2D eigenvalue weighted by atomic mass is 32.1. The third-order valence-corrected chi connectivity index (χ3v) is 7.36. The third-order valence-electron chi connectivity index (χ3n) is 6.98. The largest absolute Gasteiger partial charge is 0.422 e. The van der Waals surface area contributed by atoms with Crippen LogP contribution in [0, 0.1) is 0 Å². The van der Waals surface area contributed by atoms with E-state index in [4.69, 9.17) is 4.42 Å². The molecule has 0 spiro atoms. The van der Waals surface area contributed by atoms with Crippen molar-refractivity contribution in [2.45, 2.75) is 56.3 Å². The first-order valence-corrected chi connectivity index (χ1v) is 11.3. The molecular formula is C26H28N2O2S. The average Bonchev–Trinajstić information content (AvgIpc) is 2.71. The van der Waals surface area contributed by atoms with Crippen LogP contribution in [0.1, 0.15) is 57.2 Å². The fourth-order valence-corrected chi connectivity index (χ4v) is 5.19. The lowest BCUT2D eigenvalue weighted by Crippen LogP contribution is -2.44. The lowest BCUT2D eigenvalue weighted by Gasteiger charge is -2.48. The molecule has 160 valence electrons. The smallest absolute Gasteiger partial charge is 0.345 e. The molecule has 31 heavy (non-hydrogen) atoms. The summed E-state index contributed by atoms with van der Waals surface area (Å²) in [5.41, 5.74) is 5.40. The second-order valence-electron chi connectivity index (χ2n) is 10.1. The van der Waals surface area contributed by atoms with Crippen LogP contribution < -0.4 is 10.5 Å². The van der Waals surface area contributed by atoms with Gasteiger partial charge in [-0.1, -0.05) is 39.8 Å². The van der Waals surface area contributed by atoms with E-state index < -0.39 is 0 Å². The van der Waals surface area contributed by atoms with E-state index in [1.54, 1.807) is 6.21 Å². The molecule has 0 bridgehead atoms. The molecule has 5 heteroatoms. The standard InChI is InChI=1S/C26H28N2O2S/c1-25(2)9-11-28-12-10-26(3,4)21-22(28)18(25)14-16-13-17(24(29)30-23(16)21)15-27-19-7-5-6-8-20(19)31/h5-8,13-15,31H,9-12H2,1-4H3. The average molecular weight is 433 g/mol. The van der Waals surface area contributed by atoms with E-state index in [0.29, 0.717) is 5.56 Å². The van der Waals surface area contributed by atoms with Gasteiger partial charge in [-0.05, 0) is 53.5 Å². The van der Waals surface area contributed by atoms with E-state index in [-0.39, 0.29) is 16.5 Å². The Hall–Kier alpha value is -2.53.